The Morgan fingerprint density at radius 1 is 0.800 bits per heavy atom. The zero-order valence-corrected chi connectivity index (χ0v) is 31.6. The van der Waals surface area contributed by atoms with E-state index in [1.807, 2.05) is 0 Å². The molecule has 2 aromatic rings. The molecule has 1 saturated heterocycles. The third kappa shape index (κ3) is 15.2. The van der Waals surface area contributed by atoms with Crippen molar-refractivity contribution in [3.05, 3.63) is 59.7 Å². The maximum absolute atomic E-state index is 13.4. The van der Waals surface area contributed by atoms with Crippen molar-refractivity contribution in [2.24, 2.45) is 17.6 Å². The maximum atomic E-state index is 13.4. The molecule has 0 saturated carbocycles. The maximum Gasteiger partial charge on any atom is 0.312 e. The number of amides is 8. The van der Waals surface area contributed by atoms with E-state index in [4.69, 9.17) is 15.2 Å². The minimum absolute atomic E-state index is 0.0726. The van der Waals surface area contributed by atoms with Gasteiger partial charge in [-0.3, -0.25) is 38.5 Å². The van der Waals surface area contributed by atoms with E-state index in [9.17, 15) is 38.4 Å². The van der Waals surface area contributed by atoms with Crippen molar-refractivity contribution < 1.29 is 47.8 Å². The number of nitrogens with two attached hydrogens (primary N) is 1. The smallest absolute Gasteiger partial charge is 0.312 e. The molecule has 1 heterocycles. The van der Waals surface area contributed by atoms with Gasteiger partial charge in [-0.05, 0) is 60.6 Å². The van der Waals surface area contributed by atoms with Crippen molar-refractivity contribution in [1.82, 2.24) is 20.9 Å². The first kappa shape index (κ1) is 43.6. The Morgan fingerprint density at radius 2 is 1.42 bits per heavy atom. The molecular formula is C38H51N7O10. The van der Waals surface area contributed by atoms with Crippen LogP contribution in [-0.2, 0) is 56.1 Å². The summed E-state index contributed by atoms with van der Waals surface area (Å²) < 4.78 is 10.5. The van der Waals surface area contributed by atoms with Crippen LogP contribution in [-0.4, -0.2) is 90.7 Å². The Bertz CT molecular complexity index is 1680. The quantitative estimate of drug-likeness (QED) is 0.0611. The SMILES string of the molecule is CC(C)C(=O)OCc1ccc(NC(=O)[C@H](CCCNC(N)=O)NC(=O)C(NC(=O)COCC(=O)Nc2ccc(CCC(=O)N3CCC3=O)cc2)C(C)C)cc1. The van der Waals surface area contributed by atoms with Crippen molar-refractivity contribution >= 4 is 58.8 Å². The van der Waals surface area contributed by atoms with Crippen molar-refractivity contribution in [1.29, 1.82) is 0 Å². The lowest BCUT2D eigenvalue weighted by molar-refractivity contribution is -0.152. The normalized spacial score (nSPS) is 13.3. The largest absolute Gasteiger partial charge is 0.461 e. The molecule has 2 aromatic carbocycles. The fourth-order valence-corrected chi connectivity index (χ4v) is 5.19. The number of benzene rings is 2. The van der Waals surface area contributed by atoms with Gasteiger partial charge in [0.1, 0.15) is 31.9 Å². The first-order valence-electron chi connectivity index (χ1n) is 18.1. The van der Waals surface area contributed by atoms with Gasteiger partial charge in [0.2, 0.25) is 35.4 Å². The second-order valence-electron chi connectivity index (χ2n) is 13.7. The Balaban J connectivity index is 1.48. The number of aryl methyl sites for hydroxylation is 1. The molecule has 7 N–H and O–H groups in total. The summed E-state index contributed by atoms with van der Waals surface area (Å²) in [5.41, 5.74) is 7.62. The molecule has 298 valence electrons. The Hall–Kier alpha value is -5.84. The van der Waals surface area contributed by atoms with E-state index in [-0.39, 0.29) is 49.7 Å². The lowest BCUT2D eigenvalue weighted by Gasteiger charge is -2.28. The number of anilines is 2. The summed E-state index contributed by atoms with van der Waals surface area (Å²) >= 11 is 0. The molecule has 1 fully saturated rings. The molecule has 3 rings (SSSR count). The monoisotopic (exact) mass is 765 g/mol. The van der Waals surface area contributed by atoms with Crippen LogP contribution >= 0.6 is 0 Å². The number of ether oxygens (including phenoxy) is 2. The predicted octanol–water partition coefficient (Wildman–Crippen LogP) is 1.75. The zero-order chi connectivity index (χ0) is 40.5. The van der Waals surface area contributed by atoms with Gasteiger partial charge in [-0.2, -0.15) is 0 Å². The number of imide groups is 1. The van der Waals surface area contributed by atoms with Crippen LogP contribution in [0.4, 0.5) is 16.2 Å². The highest BCUT2D eigenvalue weighted by Gasteiger charge is 2.30. The summed E-state index contributed by atoms with van der Waals surface area (Å²) in [5.74, 6) is -3.72. The summed E-state index contributed by atoms with van der Waals surface area (Å²) in [5, 5.41) is 13.1. The number of urea groups is 1. The molecule has 2 atom stereocenters. The van der Waals surface area contributed by atoms with Gasteiger partial charge >= 0.3 is 12.0 Å². The molecule has 17 nitrogen and oxygen atoms in total. The number of hydrogen-bond acceptors (Lipinski definition) is 10. The van der Waals surface area contributed by atoms with Crippen LogP contribution in [0.15, 0.2) is 48.5 Å². The molecule has 0 bridgehead atoms. The van der Waals surface area contributed by atoms with E-state index < -0.39 is 60.9 Å². The predicted molar refractivity (Wildman–Crippen MR) is 201 cm³/mol. The Kier molecular flexibility index (Phi) is 17.2. The van der Waals surface area contributed by atoms with Crippen LogP contribution in [0.1, 0.15) is 64.5 Å². The molecule has 1 aliphatic rings. The summed E-state index contributed by atoms with van der Waals surface area (Å²) in [6.07, 6.45) is 1.47. The summed E-state index contributed by atoms with van der Waals surface area (Å²) in [7, 11) is 0. The third-order valence-corrected chi connectivity index (χ3v) is 8.42. The van der Waals surface area contributed by atoms with E-state index in [0.29, 0.717) is 42.7 Å². The van der Waals surface area contributed by atoms with E-state index in [1.54, 1.807) is 76.2 Å². The fraction of sp³-hybridized carbons (Fsp3) is 0.474. The molecule has 0 aliphatic carbocycles. The van der Waals surface area contributed by atoms with Gasteiger partial charge in [-0.1, -0.05) is 52.0 Å². The Morgan fingerprint density at radius 3 is 1.98 bits per heavy atom. The number of esters is 1. The summed E-state index contributed by atoms with van der Waals surface area (Å²) in [6.45, 7) is 6.60. The minimum Gasteiger partial charge on any atom is -0.461 e. The van der Waals surface area contributed by atoms with Gasteiger partial charge in [-0.15, -0.1) is 0 Å². The molecular weight excluding hydrogens is 714 g/mol. The first-order chi connectivity index (χ1) is 26.1. The highest BCUT2D eigenvalue weighted by atomic mass is 16.5. The summed E-state index contributed by atoms with van der Waals surface area (Å²) in [6, 6.07) is 10.6. The molecule has 1 aliphatic heterocycles. The molecule has 8 amide bonds. The highest BCUT2D eigenvalue weighted by molar-refractivity contribution is 6.00. The molecule has 0 aromatic heterocycles. The van der Waals surface area contributed by atoms with Crippen LogP contribution in [0.3, 0.4) is 0 Å². The number of hydrogen-bond donors (Lipinski definition) is 6. The first-order valence-corrected chi connectivity index (χ1v) is 18.1. The topological polar surface area (TPSA) is 244 Å². The van der Waals surface area contributed by atoms with Crippen molar-refractivity contribution in [2.45, 2.75) is 78.5 Å². The molecule has 55 heavy (non-hydrogen) atoms. The Labute approximate surface area is 319 Å². The van der Waals surface area contributed by atoms with Gasteiger partial charge in [-0.25, -0.2) is 4.79 Å². The van der Waals surface area contributed by atoms with Crippen LogP contribution in [0.2, 0.25) is 0 Å². The molecule has 1 unspecified atom stereocenters. The number of carbonyl (C=O) groups is 8. The van der Waals surface area contributed by atoms with Gasteiger partial charge < -0.3 is 41.8 Å². The number of nitrogens with one attached hydrogen (secondary N) is 5. The summed E-state index contributed by atoms with van der Waals surface area (Å²) in [4.78, 5) is 99.6. The number of likely N-dealkylation sites (tertiary alicyclic amines) is 1. The number of primary amides is 1. The van der Waals surface area contributed by atoms with Crippen LogP contribution in [0.5, 0.6) is 0 Å². The average Bonchev–Trinajstić information content (AvgIpc) is 3.13. The van der Waals surface area contributed by atoms with E-state index in [2.05, 4.69) is 26.6 Å². The molecule has 0 radical (unpaired) electrons. The van der Waals surface area contributed by atoms with E-state index >= 15 is 0 Å². The number of carbonyl (C=O) groups excluding carboxylic acids is 8. The lowest BCUT2D eigenvalue weighted by Crippen LogP contribution is -2.55. The number of rotatable bonds is 21. The van der Waals surface area contributed by atoms with Crippen LogP contribution in [0.25, 0.3) is 0 Å². The third-order valence-electron chi connectivity index (χ3n) is 8.42. The van der Waals surface area contributed by atoms with Crippen molar-refractivity contribution in [3.63, 3.8) is 0 Å². The fourth-order valence-electron chi connectivity index (χ4n) is 5.19. The lowest BCUT2D eigenvalue weighted by atomic mass is 10.0. The standard InChI is InChI=1S/C38H51N7O10/c1-23(2)34(44-31(47)22-54-21-30(46)41-27-12-7-25(8-13-27)11-16-32(48)45-19-17-33(45)49)36(51)43-29(6-5-18-40-38(39)53)35(50)42-28-14-9-26(10-15-28)20-55-37(52)24(3)4/h7-10,12-15,23-24,29,34H,5-6,11,16-22H2,1-4H3,(H,41,46)(H,42,50)(H,43,51)(H,44,47)(H3,39,40,53)/t29-,34?/m0/s1. The highest BCUT2D eigenvalue weighted by Crippen LogP contribution is 2.16. The van der Waals surface area contributed by atoms with E-state index in [0.717, 1.165) is 5.56 Å². The van der Waals surface area contributed by atoms with Crippen molar-refractivity contribution in [3.8, 4) is 0 Å². The number of β-lactam (4-membered cyclic amide) rings is 1. The number of nitrogens with zero attached hydrogens (tertiary/aromatic N) is 1. The van der Waals surface area contributed by atoms with Gasteiger partial charge in [0.05, 0.1) is 5.92 Å². The second kappa shape index (κ2) is 21.8. The second-order valence-corrected chi connectivity index (χ2v) is 13.7. The molecule has 17 heteroatoms. The van der Waals surface area contributed by atoms with Crippen LogP contribution < -0.4 is 32.3 Å². The van der Waals surface area contributed by atoms with Crippen molar-refractivity contribution in [2.75, 3.05) is 36.9 Å². The van der Waals surface area contributed by atoms with E-state index in [1.165, 1.54) is 4.90 Å². The zero-order valence-electron chi connectivity index (χ0n) is 31.6. The van der Waals surface area contributed by atoms with Gasteiger partial charge in [0, 0.05) is 37.3 Å². The minimum atomic E-state index is -1.06. The molecule has 0 spiro atoms. The van der Waals surface area contributed by atoms with Gasteiger partial charge in [0.15, 0.2) is 0 Å². The van der Waals surface area contributed by atoms with Gasteiger partial charge in [0.25, 0.3) is 0 Å². The average molecular weight is 766 g/mol. The van der Waals surface area contributed by atoms with Crippen LogP contribution in [0, 0.1) is 11.8 Å².